The van der Waals surface area contributed by atoms with Gasteiger partial charge in [-0.05, 0) is 39.7 Å². The van der Waals surface area contributed by atoms with Gasteiger partial charge in [-0.2, -0.15) is 5.26 Å². The van der Waals surface area contributed by atoms with Crippen LogP contribution >= 0.6 is 15.9 Å². The van der Waals surface area contributed by atoms with Gasteiger partial charge in [-0.3, -0.25) is 9.88 Å². The number of anilines is 1. The maximum atomic E-state index is 9.27. The molecule has 6 heteroatoms. The van der Waals surface area contributed by atoms with Crippen LogP contribution in [-0.2, 0) is 6.54 Å². The molecule has 0 spiro atoms. The Bertz CT molecular complexity index is 675. The molecule has 1 aliphatic heterocycles. The van der Waals surface area contributed by atoms with E-state index in [0.29, 0.717) is 5.56 Å². The van der Waals surface area contributed by atoms with Gasteiger partial charge >= 0.3 is 0 Å². The van der Waals surface area contributed by atoms with Crippen molar-refractivity contribution in [1.82, 2.24) is 14.9 Å². The van der Waals surface area contributed by atoms with Crippen LogP contribution in [0.4, 0.5) is 5.82 Å². The van der Waals surface area contributed by atoms with Crippen LogP contribution in [-0.4, -0.2) is 41.0 Å². The minimum atomic E-state index is 0.622. The molecule has 0 aliphatic carbocycles. The van der Waals surface area contributed by atoms with Crippen LogP contribution < -0.4 is 4.90 Å². The average Bonchev–Trinajstić information content (AvgIpc) is 2.56. The molecule has 0 saturated carbocycles. The summed E-state index contributed by atoms with van der Waals surface area (Å²) in [6, 6.07) is 8.16. The van der Waals surface area contributed by atoms with Crippen molar-refractivity contribution in [1.29, 1.82) is 5.26 Å². The Morgan fingerprint density at radius 1 is 1.18 bits per heavy atom. The maximum Gasteiger partial charge on any atom is 0.146 e. The first-order valence-corrected chi connectivity index (χ1v) is 7.97. The lowest BCUT2D eigenvalue weighted by Gasteiger charge is -2.35. The number of pyridine rings is 2. The number of halogens is 1. The zero-order valence-corrected chi connectivity index (χ0v) is 13.7. The third-order valence-corrected chi connectivity index (χ3v) is 4.21. The molecular formula is C16H16BrN5. The van der Waals surface area contributed by atoms with E-state index in [9.17, 15) is 5.26 Å². The minimum Gasteiger partial charge on any atom is -0.353 e. The Labute approximate surface area is 138 Å². The molecule has 0 radical (unpaired) electrons. The van der Waals surface area contributed by atoms with Gasteiger partial charge in [-0.25, -0.2) is 4.98 Å². The van der Waals surface area contributed by atoms with Crippen molar-refractivity contribution in [3.63, 3.8) is 0 Å². The predicted octanol–water partition coefficient (Wildman–Crippen LogP) is 2.43. The van der Waals surface area contributed by atoms with Gasteiger partial charge in [-0.1, -0.05) is 0 Å². The molecule has 0 aromatic carbocycles. The van der Waals surface area contributed by atoms with E-state index < -0.39 is 0 Å². The van der Waals surface area contributed by atoms with Crippen LogP contribution in [0.15, 0.2) is 41.3 Å². The molecule has 22 heavy (non-hydrogen) atoms. The molecule has 2 aromatic rings. The van der Waals surface area contributed by atoms with E-state index in [1.807, 2.05) is 18.5 Å². The van der Waals surface area contributed by atoms with E-state index in [4.69, 9.17) is 0 Å². The topological polar surface area (TPSA) is 56.1 Å². The summed E-state index contributed by atoms with van der Waals surface area (Å²) in [4.78, 5) is 13.1. The largest absolute Gasteiger partial charge is 0.353 e. The van der Waals surface area contributed by atoms with Crippen molar-refractivity contribution in [3.8, 4) is 6.07 Å². The summed E-state index contributed by atoms with van der Waals surface area (Å²) >= 11 is 3.36. The summed E-state index contributed by atoms with van der Waals surface area (Å²) in [6.07, 6.45) is 5.41. The van der Waals surface area contributed by atoms with E-state index in [-0.39, 0.29) is 0 Å². The van der Waals surface area contributed by atoms with Gasteiger partial charge in [-0.15, -0.1) is 0 Å². The molecule has 0 amide bonds. The molecule has 1 saturated heterocycles. The molecule has 0 atom stereocenters. The van der Waals surface area contributed by atoms with Gasteiger partial charge in [0.1, 0.15) is 11.9 Å². The molecule has 2 aromatic heterocycles. The fourth-order valence-corrected chi connectivity index (χ4v) is 2.96. The van der Waals surface area contributed by atoms with Crippen LogP contribution in [0.2, 0.25) is 0 Å². The summed E-state index contributed by atoms with van der Waals surface area (Å²) in [5.74, 6) is 0.786. The first-order valence-electron chi connectivity index (χ1n) is 7.18. The van der Waals surface area contributed by atoms with Gasteiger partial charge in [0.05, 0.1) is 5.56 Å². The number of piperazine rings is 1. The standard InChI is InChI=1S/C16H16BrN5/c17-15-9-14(10-18)16(20-11-15)22-7-5-21(6-8-22)12-13-1-3-19-4-2-13/h1-4,9,11H,5-8,12H2. The Morgan fingerprint density at radius 3 is 2.59 bits per heavy atom. The van der Waals surface area contributed by atoms with E-state index in [1.165, 1.54) is 5.56 Å². The van der Waals surface area contributed by atoms with Crippen LogP contribution in [0.5, 0.6) is 0 Å². The zero-order valence-electron chi connectivity index (χ0n) is 12.1. The maximum absolute atomic E-state index is 9.27. The van der Waals surface area contributed by atoms with Crippen molar-refractivity contribution in [2.75, 3.05) is 31.1 Å². The summed E-state index contributed by atoms with van der Waals surface area (Å²) in [7, 11) is 0. The van der Waals surface area contributed by atoms with Crippen LogP contribution in [0.1, 0.15) is 11.1 Å². The minimum absolute atomic E-state index is 0.622. The van der Waals surface area contributed by atoms with Crippen molar-refractivity contribution in [2.24, 2.45) is 0 Å². The molecule has 0 bridgehead atoms. The molecule has 3 heterocycles. The predicted molar refractivity (Wildman–Crippen MR) is 88.4 cm³/mol. The van der Waals surface area contributed by atoms with E-state index >= 15 is 0 Å². The average molecular weight is 358 g/mol. The first kappa shape index (κ1) is 14.9. The van der Waals surface area contributed by atoms with Gasteiger partial charge in [0, 0.05) is 55.8 Å². The Kier molecular flexibility index (Phi) is 4.66. The molecule has 3 rings (SSSR count). The van der Waals surface area contributed by atoms with Gasteiger partial charge < -0.3 is 4.90 Å². The second-order valence-electron chi connectivity index (χ2n) is 5.26. The van der Waals surface area contributed by atoms with Crippen molar-refractivity contribution < 1.29 is 0 Å². The van der Waals surface area contributed by atoms with E-state index in [1.54, 1.807) is 6.20 Å². The Morgan fingerprint density at radius 2 is 1.91 bits per heavy atom. The zero-order chi connectivity index (χ0) is 15.4. The first-order chi connectivity index (χ1) is 10.8. The summed E-state index contributed by atoms with van der Waals surface area (Å²) < 4.78 is 0.837. The van der Waals surface area contributed by atoms with Crippen molar-refractivity contribution >= 4 is 21.7 Å². The van der Waals surface area contributed by atoms with Crippen molar-refractivity contribution in [2.45, 2.75) is 6.54 Å². The molecule has 5 nitrogen and oxygen atoms in total. The number of hydrogen-bond acceptors (Lipinski definition) is 5. The monoisotopic (exact) mass is 357 g/mol. The second kappa shape index (κ2) is 6.86. The Balaban J connectivity index is 1.64. The molecule has 0 unspecified atom stereocenters. The lowest BCUT2D eigenvalue weighted by Crippen LogP contribution is -2.46. The Hall–Kier alpha value is -1.97. The molecule has 1 aliphatic rings. The van der Waals surface area contributed by atoms with Crippen LogP contribution in [0.25, 0.3) is 0 Å². The van der Waals surface area contributed by atoms with Gasteiger partial charge in [0.2, 0.25) is 0 Å². The number of nitriles is 1. The van der Waals surface area contributed by atoms with Crippen molar-refractivity contribution in [3.05, 3.63) is 52.4 Å². The van der Waals surface area contributed by atoms with Gasteiger partial charge in [0.25, 0.3) is 0 Å². The molecule has 1 fully saturated rings. The quantitative estimate of drug-likeness (QED) is 0.844. The highest BCUT2D eigenvalue weighted by Crippen LogP contribution is 2.22. The van der Waals surface area contributed by atoms with Crippen LogP contribution in [0, 0.1) is 11.3 Å². The fourth-order valence-electron chi connectivity index (χ4n) is 2.63. The lowest BCUT2D eigenvalue weighted by atomic mass is 10.2. The summed E-state index contributed by atoms with van der Waals surface area (Å²) in [6.45, 7) is 4.63. The van der Waals surface area contributed by atoms with E-state index in [0.717, 1.165) is 43.0 Å². The van der Waals surface area contributed by atoms with Gasteiger partial charge in [0.15, 0.2) is 0 Å². The highest BCUT2D eigenvalue weighted by atomic mass is 79.9. The summed E-state index contributed by atoms with van der Waals surface area (Å²) in [5, 5.41) is 9.27. The number of rotatable bonds is 3. The molecule has 112 valence electrons. The smallest absolute Gasteiger partial charge is 0.146 e. The SMILES string of the molecule is N#Cc1cc(Br)cnc1N1CCN(Cc2ccncc2)CC1. The lowest BCUT2D eigenvalue weighted by molar-refractivity contribution is 0.249. The third-order valence-electron chi connectivity index (χ3n) is 3.78. The number of nitrogens with zero attached hydrogens (tertiary/aromatic N) is 5. The summed E-state index contributed by atoms with van der Waals surface area (Å²) in [5.41, 5.74) is 1.90. The highest BCUT2D eigenvalue weighted by Gasteiger charge is 2.20. The highest BCUT2D eigenvalue weighted by molar-refractivity contribution is 9.10. The normalized spacial score (nSPS) is 15.5. The van der Waals surface area contributed by atoms with Crippen LogP contribution in [0.3, 0.4) is 0 Å². The molecule has 0 N–H and O–H groups in total. The second-order valence-corrected chi connectivity index (χ2v) is 6.17. The fraction of sp³-hybridized carbons (Fsp3) is 0.312. The number of hydrogen-bond donors (Lipinski definition) is 0. The molecular weight excluding hydrogens is 342 g/mol. The van der Waals surface area contributed by atoms with E-state index in [2.05, 4.69) is 53.9 Å². The third kappa shape index (κ3) is 3.43. The number of aromatic nitrogens is 2.